The Bertz CT molecular complexity index is 585. The van der Waals surface area contributed by atoms with Gasteiger partial charge in [0.1, 0.15) is 5.60 Å². The van der Waals surface area contributed by atoms with E-state index in [0.29, 0.717) is 18.8 Å². The summed E-state index contributed by atoms with van der Waals surface area (Å²) in [6, 6.07) is 0.909. The van der Waals surface area contributed by atoms with E-state index in [0.717, 1.165) is 25.1 Å². The Morgan fingerprint density at radius 3 is 2.67 bits per heavy atom. The summed E-state index contributed by atoms with van der Waals surface area (Å²) in [5, 5.41) is 2.77. The Labute approximate surface area is 139 Å². The van der Waals surface area contributed by atoms with Gasteiger partial charge < -0.3 is 15.0 Å². The van der Waals surface area contributed by atoms with Crippen molar-refractivity contribution in [1.29, 1.82) is 0 Å². The molecule has 134 valence electrons. The summed E-state index contributed by atoms with van der Waals surface area (Å²) < 4.78 is 43.6. The molecule has 0 spiro atoms. The number of nitrogens with one attached hydrogen (secondary N) is 1. The molecule has 0 saturated carbocycles. The number of hydrogen-bond acceptors (Lipinski definition) is 4. The SMILES string of the molecule is CC(C)(C)OC(=O)N[C@H]1CCCN(c2cncc(C(F)(F)F)c2)C1. The second-order valence-electron chi connectivity index (χ2n) is 6.86. The zero-order valence-electron chi connectivity index (χ0n) is 14.0. The molecule has 1 fully saturated rings. The van der Waals surface area contributed by atoms with Gasteiger partial charge in [-0.3, -0.25) is 4.98 Å². The summed E-state index contributed by atoms with van der Waals surface area (Å²) in [6.45, 7) is 6.36. The van der Waals surface area contributed by atoms with Crippen LogP contribution < -0.4 is 10.2 Å². The summed E-state index contributed by atoms with van der Waals surface area (Å²) in [7, 11) is 0. The van der Waals surface area contributed by atoms with Crippen molar-refractivity contribution in [2.75, 3.05) is 18.0 Å². The Morgan fingerprint density at radius 1 is 1.33 bits per heavy atom. The molecule has 0 bridgehead atoms. The van der Waals surface area contributed by atoms with Crippen molar-refractivity contribution in [3.8, 4) is 0 Å². The maximum Gasteiger partial charge on any atom is 0.417 e. The predicted molar refractivity (Wildman–Crippen MR) is 83.8 cm³/mol. The Kier molecular flexibility index (Phi) is 5.25. The molecule has 1 amide bonds. The molecule has 0 aliphatic carbocycles. The van der Waals surface area contributed by atoms with Gasteiger partial charge in [-0.25, -0.2) is 4.79 Å². The van der Waals surface area contributed by atoms with Gasteiger partial charge in [0.25, 0.3) is 0 Å². The molecular formula is C16H22F3N3O2. The molecule has 0 unspecified atom stereocenters. The number of nitrogens with zero attached hydrogens (tertiary/aromatic N) is 2. The third kappa shape index (κ3) is 5.28. The Hall–Kier alpha value is -1.99. The van der Waals surface area contributed by atoms with Crippen LogP contribution in [0.1, 0.15) is 39.2 Å². The number of aromatic nitrogens is 1. The number of hydrogen-bond donors (Lipinski definition) is 1. The fourth-order valence-electron chi connectivity index (χ4n) is 2.56. The van der Waals surface area contributed by atoms with Gasteiger partial charge in [-0.2, -0.15) is 13.2 Å². The molecule has 1 aromatic heterocycles. The molecule has 8 heteroatoms. The number of carbonyl (C=O) groups excluding carboxylic acids is 1. The van der Waals surface area contributed by atoms with Crippen molar-refractivity contribution in [2.45, 2.75) is 51.4 Å². The van der Waals surface area contributed by atoms with Crippen molar-refractivity contribution in [1.82, 2.24) is 10.3 Å². The highest BCUT2D eigenvalue weighted by Crippen LogP contribution is 2.31. The molecule has 0 radical (unpaired) electrons. The summed E-state index contributed by atoms with van der Waals surface area (Å²) in [5.41, 5.74) is -0.966. The highest BCUT2D eigenvalue weighted by molar-refractivity contribution is 5.68. The van der Waals surface area contributed by atoms with Crippen LogP contribution in [0.15, 0.2) is 18.5 Å². The molecule has 2 heterocycles. The third-order valence-electron chi connectivity index (χ3n) is 3.56. The number of alkyl carbamates (subject to hydrolysis) is 1. The largest absolute Gasteiger partial charge is 0.444 e. The van der Waals surface area contributed by atoms with Crippen molar-refractivity contribution >= 4 is 11.8 Å². The lowest BCUT2D eigenvalue weighted by Crippen LogP contribution is -2.49. The zero-order valence-corrected chi connectivity index (χ0v) is 14.0. The van der Waals surface area contributed by atoms with Gasteiger partial charge in [-0.15, -0.1) is 0 Å². The van der Waals surface area contributed by atoms with Gasteiger partial charge in [-0.1, -0.05) is 0 Å². The smallest absolute Gasteiger partial charge is 0.417 e. The third-order valence-corrected chi connectivity index (χ3v) is 3.56. The highest BCUT2D eigenvalue weighted by atomic mass is 19.4. The Morgan fingerprint density at radius 2 is 2.04 bits per heavy atom. The summed E-state index contributed by atoms with van der Waals surface area (Å²) in [6.07, 6.45) is -1.21. The van der Waals surface area contributed by atoms with Crippen LogP contribution >= 0.6 is 0 Å². The van der Waals surface area contributed by atoms with Crippen LogP contribution in [-0.4, -0.2) is 35.8 Å². The lowest BCUT2D eigenvalue weighted by molar-refractivity contribution is -0.137. The van der Waals surface area contributed by atoms with Crippen LogP contribution in [-0.2, 0) is 10.9 Å². The number of anilines is 1. The Balaban J connectivity index is 2.02. The quantitative estimate of drug-likeness (QED) is 0.890. The second-order valence-corrected chi connectivity index (χ2v) is 6.86. The van der Waals surface area contributed by atoms with Gasteiger partial charge in [0, 0.05) is 25.3 Å². The number of carbonyl (C=O) groups is 1. The monoisotopic (exact) mass is 345 g/mol. The van der Waals surface area contributed by atoms with Gasteiger partial charge in [-0.05, 0) is 39.7 Å². The zero-order chi connectivity index (χ0) is 18.0. The number of rotatable bonds is 2. The first-order valence-electron chi connectivity index (χ1n) is 7.81. The fraction of sp³-hybridized carbons (Fsp3) is 0.625. The summed E-state index contributed by atoms with van der Waals surface area (Å²) in [5.74, 6) is 0. The van der Waals surface area contributed by atoms with E-state index in [4.69, 9.17) is 4.74 Å². The number of amides is 1. The maximum atomic E-state index is 12.8. The first-order chi connectivity index (χ1) is 11.0. The molecular weight excluding hydrogens is 323 g/mol. The number of alkyl halides is 3. The lowest BCUT2D eigenvalue weighted by Gasteiger charge is -2.35. The molecule has 1 aliphatic rings. The van der Waals surface area contributed by atoms with E-state index >= 15 is 0 Å². The van der Waals surface area contributed by atoms with Gasteiger partial charge in [0.05, 0.1) is 17.4 Å². The van der Waals surface area contributed by atoms with Crippen LogP contribution in [0.25, 0.3) is 0 Å². The molecule has 1 aromatic rings. The predicted octanol–water partition coefficient (Wildman–Crippen LogP) is 3.59. The van der Waals surface area contributed by atoms with Gasteiger partial charge in [0.2, 0.25) is 0 Å². The number of piperidine rings is 1. The van der Waals surface area contributed by atoms with Crippen molar-refractivity contribution in [3.63, 3.8) is 0 Å². The van der Waals surface area contributed by atoms with Crippen LogP contribution in [0, 0.1) is 0 Å². The number of halogens is 3. The van der Waals surface area contributed by atoms with E-state index in [1.165, 1.54) is 6.20 Å². The molecule has 5 nitrogen and oxygen atoms in total. The van der Waals surface area contributed by atoms with E-state index in [1.54, 1.807) is 25.7 Å². The normalized spacial score (nSPS) is 19.1. The molecule has 24 heavy (non-hydrogen) atoms. The molecule has 1 N–H and O–H groups in total. The fourth-order valence-corrected chi connectivity index (χ4v) is 2.56. The van der Waals surface area contributed by atoms with E-state index in [9.17, 15) is 18.0 Å². The average molecular weight is 345 g/mol. The van der Waals surface area contributed by atoms with E-state index < -0.39 is 23.4 Å². The minimum Gasteiger partial charge on any atom is -0.444 e. The van der Waals surface area contributed by atoms with E-state index in [2.05, 4.69) is 10.3 Å². The number of pyridine rings is 1. The minimum absolute atomic E-state index is 0.178. The summed E-state index contributed by atoms with van der Waals surface area (Å²) >= 11 is 0. The van der Waals surface area contributed by atoms with Crippen LogP contribution in [0.3, 0.4) is 0 Å². The highest BCUT2D eigenvalue weighted by Gasteiger charge is 2.32. The topological polar surface area (TPSA) is 54.5 Å². The van der Waals surface area contributed by atoms with Crippen molar-refractivity contribution in [3.05, 3.63) is 24.0 Å². The average Bonchev–Trinajstić information content (AvgIpc) is 2.44. The van der Waals surface area contributed by atoms with Crippen LogP contribution in [0.4, 0.5) is 23.7 Å². The lowest BCUT2D eigenvalue weighted by atomic mass is 10.1. The first-order valence-corrected chi connectivity index (χ1v) is 7.81. The first kappa shape index (κ1) is 18.4. The van der Waals surface area contributed by atoms with Crippen LogP contribution in [0.5, 0.6) is 0 Å². The van der Waals surface area contributed by atoms with Crippen molar-refractivity contribution < 1.29 is 22.7 Å². The number of ether oxygens (including phenoxy) is 1. The summed E-state index contributed by atoms with van der Waals surface area (Å²) in [4.78, 5) is 17.3. The molecule has 1 aliphatic heterocycles. The van der Waals surface area contributed by atoms with Crippen LogP contribution in [0.2, 0.25) is 0 Å². The molecule has 0 aromatic carbocycles. The molecule has 1 atom stereocenters. The second kappa shape index (κ2) is 6.86. The standard InChI is InChI=1S/C16H22F3N3O2/c1-15(2,3)24-14(23)21-12-5-4-6-22(10-12)13-7-11(8-20-9-13)16(17,18)19/h7-9,12H,4-6,10H2,1-3H3,(H,21,23)/t12-/m0/s1. The van der Waals surface area contributed by atoms with Crippen molar-refractivity contribution in [2.24, 2.45) is 0 Å². The molecule has 1 saturated heterocycles. The van der Waals surface area contributed by atoms with E-state index in [1.807, 2.05) is 0 Å². The minimum atomic E-state index is -4.42. The molecule has 2 rings (SSSR count). The van der Waals surface area contributed by atoms with Gasteiger partial charge >= 0.3 is 12.3 Å². The van der Waals surface area contributed by atoms with Gasteiger partial charge in [0.15, 0.2) is 0 Å². The maximum absolute atomic E-state index is 12.8. The van der Waals surface area contributed by atoms with E-state index in [-0.39, 0.29) is 6.04 Å².